The Bertz CT molecular complexity index is 263. The van der Waals surface area contributed by atoms with E-state index in [2.05, 4.69) is 0 Å². The lowest BCUT2D eigenvalue weighted by atomic mass is 9.77. The molecule has 0 aliphatic carbocycles. The van der Waals surface area contributed by atoms with Crippen LogP contribution in [0.1, 0.15) is 47.5 Å². The second-order valence-electron chi connectivity index (χ2n) is 4.62. The molecular weight excluding hydrogens is 188 g/mol. The summed E-state index contributed by atoms with van der Waals surface area (Å²) in [5.41, 5.74) is -0.407. The van der Waals surface area contributed by atoms with Crippen molar-refractivity contribution in [3.63, 3.8) is 0 Å². The molecule has 0 fully saturated rings. The van der Waals surface area contributed by atoms with Crippen LogP contribution in [0.3, 0.4) is 0 Å². The SMILES string of the molecule is CCCC(C)(C)C(C)(C)S(=O)(=O)O. The zero-order chi connectivity index (χ0) is 10.9. The van der Waals surface area contributed by atoms with Gasteiger partial charge in [0.15, 0.2) is 0 Å². The highest BCUT2D eigenvalue weighted by atomic mass is 32.2. The average Bonchev–Trinajstić information content (AvgIpc) is 1.84. The molecule has 0 rings (SSSR count). The van der Waals surface area contributed by atoms with Crippen LogP contribution in [-0.4, -0.2) is 17.7 Å². The van der Waals surface area contributed by atoms with Gasteiger partial charge in [-0.1, -0.05) is 27.2 Å². The summed E-state index contributed by atoms with van der Waals surface area (Å²) >= 11 is 0. The van der Waals surface area contributed by atoms with E-state index in [0.29, 0.717) is 0 Å². The van der Waals surface area contributed by atoms with E-state index in [4.69, 9.17) is 4.55 Å². The summed E-state index contributed by atoms with van der Waals surface area (Å²) in [5.74, 6) is 0. The van der Waals surface area contributed by atoms with Crippen molar-refractivity contribution in [2.75, 3.05) is 0 Å². The van der Waals surface area contributed by atoms with Gasteiger partial charge in [-0.05, 0) is 25.7 Å². The maximum absolute atomic E-state index is 11.1. The molecule has 0 aliphatic heterocycles. The molecule has 1 N–H and O–H groups in total. The van der Waals surface area contributed by atoms with Crippen LogP contribution in [0.15, 0.2) is 0 Å². The molecule has 0 unspecified atom stereocenters. The third-order valence-corrected chi connectivity index (χ3v) is 4.99. The molecule has 0 aromatic carbocycles. The number of rotatable bonds is 4. The summed E-state index contributed by atoms with van der Waals surface area (Å²) < 4.78 is 30.3. The molecule has 13 heavy (non-hydrogen) atoms. The average molecular weight is 208 g/mol. The zero-order valence-corrected chi connectivity index (χ0v) is 9.90. The first-order valence-electron chi connectivity index (χ1n) is 4.53. The van der Waals surface area contributed by atoms with Gasteiger partial charge in [0.25, 0.3) is 10.1 Å². The number of hydrogen-bond donors (Lipinski definition) is 1. The van der Waals surface area contributed by atoms with Crippen LogP contribution in [0, 0.1) is 5.41 Å². The van der Waals surface area contributed by atoms with Crippen molar-refractivity contribution in [3.05, 3.63) is 0 Å². The third kappa shape index (κ3) is 2.44. The fourth-order valence-corrected chi connectivity index (χ4v) is 2.08. The molecule has 0 atom stereocenters. The fourth-order valence-electron chi connectivity index (χ4n) is 1.28. The Hall–Kier alpha value is -0.0900. The van der Waals surface area contributed by atoms with Gasteiger partial charge in [0.1, 0.15) is 0 Å². The Morgan fingerprint density at radius 3 is 1.77 bits per heavy atom. The highest BCUT2D eigenvalue weighted by molar-refractivity contribution is 7.87. The molecule has 0 bridgehead atoms. The van der Waals surface area contributed by atoms with Gasteiger partial charge in [0, 0.05) is 0 Å². The van der Waals surface area contributed by atoms with E-state index in [9.17, 15) is 8.42 Å². The van der Waals surface area contributed by atoms with E-state index in [0.717, 1.165) is 12.8 Å². The lowest BCUT2D eigenvalue weighted by Crippen LogP contribution is -2.45. The molecule has 4 heteroatoms. The van der Waals surface area contributed by atoms with Crippen LogP contribution in [0.2, 0.25) is 0 Å². The maximum Gasteiger partial charge on any atom is 0.270 e. The molecule has 0 aromatic rings. The van der Waals surface area contributed by atoms with Gasteiger partial charge < -0.3 is 0 Å². The van der Waals surface area contributed by atoms with Crippen molar-refractivity contribution in [1.82, 2.24) is 0 Å². The predicted molar refractivity (Wildman–Crippen MR) is 54.3 cm³/mol. The van der Waals surface area contributed by atoms with E-state index in [1.165, 1.54) is 0 Å². The Morgan fingerprint density at radius 1 is 1.15 bits per heavy atom. The molecule has 0 spiro atoms. The van der Waals surface area contributed by atoms with E-state index in [-0.39, 0.29) is 0 Å². The van der Waals surface area contributed by atoms with E-state index < -0.39 is 20.3 Å². The Morgan fingerprint density at radius 2 is 1.54 bits per heavy atom. The first kappa shape index (κ1) is 12.9. The van der Waals surface area contributed by atoms with Crippen molar-refractivity contribution in [3.8, 4) is 0 Å². The molecule has 80 valence electrons. The Balaban J connectivity index is 5.04. The monoisotopic (exact) mass is 208 g/mol. The third-order valence-electron chi connectivity index (χ3n) is 3.15. The second kappa shape index (κ2) is 3.58. The van der Waals surface area contributed by atoms with Crippen LogP contribution in [-0.2, 0) is 10.1 Å². The molecule has 0 heterocycles. The Kier molecular flexibility index (Phi) is 3.55. The highest BCUT2D eigenvalue weighted by Gasteiger charge is 2.46. The largest absolute Gasteiger partial charge is 0.285 e. The van der Waals surface area contributed by atoms with Crippen LogP contribution in [0.5, 0.6) is 0 Å². The Labute approximate surface area is 81.3 Å². The summed E-state index contributed by atoms with van der Waals surface area (Å²) in [4.78, 5) is 0. The fraction of sp³-hybridized carbons (Fsp3) is 1.00. The quantitative estimate of drug-likeness (QED) is 0.722. The van der Waals surface area contributed by atoms with Gasteiger partial charge in [-0.2, -0.15) is 8.42 Å². The smallest absolute Gasteiger partial charge is 0.270 e. The summed E-state index contributed by atoms with van der Waals surface area (Å²) in [6.07, 6.45) is 1.69. The van der Waals surface area contributed by atoms with Crippen molar-refractivity contribution in [1.29, 1.82) is 0 Å². The minimum Gasteiger partial charge on any atom is -0.285 e. The molecule has 0 saturated heterocycles. The highest BCUT2D eigenvalue weighted by Crippen LogP contribution is 2.40. The molecule has 0 aromatic heterocycles. The van der Waals surface area contributed by atoms with Gasteiger partial charge in [-0.25, -0.2) is 0 Å². The van der Waals surface area contributed by atoms with Gasteiger partial charge in [0.05, 0.1) is 4.75 Å². The lowest BCUT2D eigenvalue weighted by molar-refractivity contribution is 0.232. The first-order valence-corrected chi connectivity index (χ1v) is 5.97. The maximum atomic E-state index is 11.1. The summed E-state index contributed by atoms with van der Waals surface area (Å²) in [5, 5.41) is 0. The van der Waals surface area contributed by atoms with Gasteiger partial charge in [-0.15, -0.1) is 0 Å². The van der Waals surface area contributed by atoms with Crippen molar-refractivity contribution in [2.45, 2.75) is 52.2 Å². The van der Waals surface area contributed by atoms with E-state index >= 15 is 0 Å². The second-order valence-corrected chi connectivity index (χ2v) is 6.59. The summed E-state index contributed by atoms with van der Waals surface area (Å²) in [6.45, 7) is 8.87. The molecule has 3 nitrogen and oxygen atoms in total. The van der Waals surface area contributed by atoms with Crippen LogP contribution >= 0.6 is 0 Å². The van der Waals surface area contributed by atoms with Crippen LogP contribution in [0.4, 0.5) is 0 Å². The van der Waals surface area contributed by atoms with E-state index in [1.807, 2.05) is 20.8 Å². The first-order chi connectivity index (χ1) is 5.56. The summed E-state index contributed by atoms with van der Waals surface area (Å²) in [7, 11) is -3.98. The molecular formula is C9H20O3S. The minimum absolute atomic E-state index is 0.407. The normalized spacial score (nSPS) is 14.6. The van der Waals surface area contributed by atoms with Gasteiger partial charge in [-0.3, -0.25) is 4.55 Å². The van der Waals surface area contributed by atoms with Crippen LogP contribution < -0.4 is 0 Å². The molecule has 0 saturated carbocycles. The topological polar surface area (TPSA) is 54.4 Å². The van der Waals surface area contributed by atoms with E-state index in [1.54, 1.807) is 13.8 Å². The number of hydrogen-bond acceptors (Lipinski definition) is 2. The lowest BCUT2D eigenvalue weighted by Gasteiger charge is -2.38. The van der Waals surface area contributed by atoms with Crippen molar-refractivity contribution < 1.29 is 13.0 Å². The minimum atomic E-state index is -3.98. The van der Waals surface area contributed by atoms with Gasteiger partial charge >= 0.3 is 0 Å². The van der Waals surface area contributed by atoms with Gasteiger partial charge in [0.2, 0.25) is 0 Å². The molecule has 0 radical (unpaired) electrons. The van der Waals surface area contributed by atoms with Crippen LogP contribution in [0.25, 0.3) is 0 Å². The zero-order valence-electron chi connectivity index (χ0n) is 9.09. The van der Waals surface area contributed by atoms with Crippen molar-refractivity contribution in [2.24, 2.45) is 5.41 Å². The standard InChI is InChI=1S/C9H20O3S/c1-6-7-8(2,3)9(4,5)13(10,11)12/h6-7H2,1-5H3,(H,10,11,12). The predicted octanol–water partition coefficient (Wildman–Crippen LogP) is 2.48. The molecule has 0 aliphatic rings. The summed E-state index contributed by atoms with van der Waals surface area (Å²) in [6, 6.07) is 0. The molecule has 0 amide bonds. The van der Waals surface area contributed by atoms with Crippen molar-refractivity contribution >= 4 is 10.1 Å².